The monoisotopic (exact) mass is 455 g/mol. The molecular formula is C22H24F3NO6. The molecule has 3 rings (SSSR count). The highest BCUT2D eigenvalue weighted by Gasteiger charge is 2.36. The highest BCUT2D eigenvalue weighted by molar-refractivity contribution is 5.79. The molecule has 7 nitrogen and oxygen atoms in total. The SMILES string of the molecule is C=CC(O)(CCCCOCc1c(-c2ccccc2OC(F)(F)F)noc1C1CC1)C(=O)O. The van der Waals surface area contributed by atoms with Gasteiger partial charge in [-0.15, -0.1) is 13.2 Å². The Balaban J connectivity index is 1.67. The summed E-state index contributed by atoms with van der Waals surface area (Å²) in [6.45, 7) is 3.66. The second-order valence-corrected chi connectivity index (χ2v) is 7.64. The average molecular weight is 455 g/mol. The van der Waals surface area contributed by atoms with Crippen LogP contribution in [-0.2, 0) is 16.1 Å². The Morgan fingerprint density at radius 1 is 1.28 bits per heavy atom. The van der Waals surface area contributed by atoms with Crippen molar-refractivity contribution in [1.82, 2.24) is 5.16 Å². The van der Waals surface area contributed by atoms with Crippen molar-refractivity contribution < 1.29 is 42.2 Å². The normalized spacial score (nSPS) is 15.9. The van der Waals surface area contributed by atoms with Crippen LogP contribution >= 0.6 is 0 Å². The third-order valence-electron chi connectivity index (χ3n) is 5.19. The van der Waals surface area contributed by atoms with Crippen LogP contribution in [0, 0.1) is 0 Å². The number of aliphatic carboxylic acids is 1. The molecule has 1 aliphatic rings. The van der Waals surface area contributed by atoms with Crippen molar-refractivity contribution in [1.29, 1.82) is 0 Å². The van der Waals surface area contributed by atoms with E-state index in [4.69, 9.17) is 14.4 Å². The molecule has 2 aromatic rings. The Morgan fingerprint density at radius 3 is 2.62 bits per heavy atom. The molecule has 174 valence electrons. The topological polar surface area (TPSA) is 102 Å². The minimum absolute atomic E-state index is 0.0107. The van der Waals surface area contributed by atoms with E-state index in [1.165, 1.54) is 18.2 Å². The Hall–Kier alpha value is -2.85. The molecule has 32 heavy (non-hydrogen) atoms. The summed E-state index contributed by atoms with van der Waals surface area (Å²) in [5.41, 5.74) is -1.03. The Morgan fingerprint density at radius 2 is 2.00 bits per heavy atom. The van der Waals surface area contributed by atoms with E-state index in [0.717, 1.165) is 18.9 Å². The predicted octanol–water partition coefficient (Wildman–Crippen LogP) is 4.81. The minimum atomic E-state index is -4.85. The highest BCUT2D eigenvalue weighted by atomic mass is 19.4. The van der Waals surface area contributed by atoms with E-state index in [1.54, 1.807) is 6.07 Å². The van der Waals surface area contributed by atoms with E-state index in [9.17, 15) is 23.1 Å². The zero-order valence-electron chi connectivity index (χ0n) is 17.2. The molecule has 1 aromatic carbocycles. The van der Waals surface area contributed by atoms with E-state index in [-0.39, 0.29) is 42.6 Å². The summed E-state index contributed by atoms with van der Waals surface area (Å²) in [6.07, 6.45) is -1.22. The van der Waals surface area contributed by atoms with Gasteiger partial charge in [-0.3, -0.25) is 0 Å². The molecular weight excluding hydrogens is 431 g/mol. The van der Waals surface area contributed by atoms with E-state index in [1.807, 2.05) is 0 Å². The molecule has 0 aliphatic heterocycles. The molecule has 0 bridgehead atoms. The number of para-hydroxylation sites is 1. The first-order valence-corrected chi connectivity index (χ1v) is 10.2. The lowest BCUT2D eigenvalue weighted by atomic mass is 9.97. The van der Waals surface area contributed by atoms with Crippen molar-refractivity contribution in [2.24, 2.45) is 0 Å². The third-order valence-corrected chi connectivity index (χ3v) is 5.19. The van der Waals surface area contributed by atoms with Crippen LogP contribution in [0.25, 0.3) is 11.3 Å². The quantitative estimate of drug-likeness (QED) is 0.350. The molecule has 1 heterocycles. The zero-order chi connectivity index (χ0) is 23.4. The van der Waals surface area contributed by atoms with Gasteiger partial charge in [0.15, 0.2) is 5.60 Å². The molecule has 0 radical (unpaired) electrons. The van der Waals surface area contributed by atoms with Gasteiger partial charge in [-0.05, 0) is 50.3 Å². The fourth-order valence-electron chi connectivity index (χ4n) is 3.28. The Labute approximate surface area is 182 Å². The summed E-state index contributed by atoms with van der Waals surface area (Å²) < 4.78 is 53.7. The lowest BCUT2D eigenvalue weighted by Gasteiger charge is -2.18. The molecule has 1 unspecified atom stereocenters. The first-order valence-electron chi connectivity index (χ1n) is 10.2. The van der Waals surface area contributed by atoms with Crippen molar-refractivity contribution in [2.75, 3.05) is 6.61 Å². The molecule has 1 atom stereocenters. The molecule has 1 aliphatic carbocycles. The van der Waals surface area contributed by atoms with Crippen molar-refractivity contribution in [3.8, 4) is 17.0 Å². The number of nitrogens with zero attached hydrogens (tertiary/aromatic N) is 1. The lowest BCUT2D eigenvalue weighted by molar-refractivity contribution is -0.274. The first kappa shape index (κ1) is 23.8. The number of unbranched alkanes of at least 4 members (excludes halogenated alkanes) is 1. The van der Waals surface area contributed by atoms with Gasteiger partial charge in [-0.1, -0.05) is 23.9 Å². The van der Waals surface area contributed by atoms with Gasteiger partial charge in [0, 0.05) is 23.7 Å². The third kappa shape index (κ3) is 5.89. The summed E-state index contributed by atoms with van der Waals surface area (Å²) in [5, 5.41) is 22.9. The highest BCUT2D eigenvalue weighted by Crippen LogP contribution is 2.45. The Bertz CT molecular complexity index is 953. The molecule has 10 heteroatoms. The molecule has 1 fully saturated rings. The van der Waals surface area contributed by atoms with E-state index in [0.29, 0.717) is 24.2 Å². The molecule has 0 spiro atoms. The molecule has 0 saturated heterocycles. The van der Waals surface area contributed by atoms with Crippen molar-refractivity contribution in [3.05, 3.63) is 48.2 Å². The summed E-state index contributed by atoms with van der Waals surface area (Å²) in [4.78, 5) is 11.1. The van der Waals surface area contributed by atoms with Crippen LogP contribution in [0.3, 0.4) is 0 Å². The van der Waals surface area contributed by atoms with Crippen LogP contribution in [0.2, 0.25) is 0 Å². The van der Waals surface area contributed by atoms with Crippen LogP contribution in [-0.4, -0.2) is 39.9 Å². The number of benzene rings is 1. The number of halogens is 3. The van der Waals surface area contributed by atoms with Gasteiger partial charge in [-0.2, -0.15) is 0 Å². The number of aromatic nitrogens is 1. The first-order chi connectivity index (χ1) is 15.1. The zero-order valence-corrected chi connectivity index (χ0v) is 17.2. The van der Waals surface area contributed by atoms with Gasteiger partial charge in [0.25, 0.3) is 0 Å². The molecule has 1 saturated carbocycles. The van der Waals surface area contributed by atoms with Crippen molar-refractivity contribution >= 4 is 5.97 Å². The van der Waals surface area contributed by atoms with Gasteiger partial charge in [-0.25, -0.2) is 4.79 Å². The number of ether oxygens (including phenoxy) is 2. The smallest absolute Gasteiger partial charge is 0.479 e. The maximum absolute atomic E-state index is 12.8. The van der Waals surface area contributed by atoms with Crippen LogP contribution in [0.15, 0.2) is 41.4 Å². The standard InChI is InChI=1S/C22H24F3NO6/c1-2-21(29,20(27)28)11-5-6-12-30-13-16-18(26-32-19(16)14-9-10-14)15-7-3-4-8-17(15)31-22(23,24)25/h2-4,7-8,14,29H,1,5-6,9-13H2,(H,27,28). The summed E-state index contributed by atoms with van der Waals surface area (Å²) in [7, 11) is 0. The Kier molecular flexibility index (Phi) is 7.25. The number of aliphatic hydroxyl groups is 1. The maximum atomic E-state index is 12.8. The summed E-state index contributed by atoms with van der Waals surface area (Å²) >= 11 is 0. The van der Waals surface area contributed by atoms with Gasteiger partial charge < -0.3 is 24.2 Å². The second kappa shape index (κ2) is 9.74. The average Bonchev–Trinajstić information content (AvgIpc) is 3.49. The maximum Gasteiger partial charge on any atom is 0.573 e. The van der Waals surface area contributed by atoms with Crippen LogP contribution in [0.4, 0.5) is 13.2 Å². The largest absolute Gasteiger partial charge is 0.573 e. The molecule has 1 aromatic heterocycles. The number of carboxylic acids is 1. The molecule has 0 amide bonds. The van der Waals surface area contributed by atoms with Gasteiger partial charge in [0.2, 0.25) is 0 Å². The van der Waals surface area contributed by atoms with Gasteiger partial charge in [0.05, 0.1) is 6.61 Å². The van der Waals surface area contributed by atoms with Crippen LogP contribution in [0.1, 0.15) is 49.3 Å². The number of carboxylic acid groups (broad SMARTS) is 1. The fraction of sp³-hybridized carbons (Fsp3) is 0.455. The van der Waals surface area contributed by atoms with Crippen molar-refractivity contribution in [2.45, 2.75) is 56.6 Å². The van der Waals surface area contributed by atoms with E-state index in [2.05, 4.69) is 16.5 Å². The molecule has 2 N–H and O–H groups in total. The van der Waals surface area contributed by atoms with Gasteiger partial charge in [0.1, 0.15) is 17.2 Å². The number of hydrogen-bond acceptors (Lipinski definition) is 6. The van der Waals surface area contributed by atoms with Crippen LogP contribution < -0.4 is 4.74 Å². The van der Waals surface area contributed by atoms with Crippen molar-refractivity contribution in [3.63, 3.8) is 0 Å². The van der Waals surface area contributed by atoms with Crippen LogP contribution in [0.5, 0.6) is 5.75 Å². The second-order valence-electron chi connectivity index (χ2n) is 7.64. The summed E-state index contributed by atoms with van der Waals surface area (Å²) in [6, 6.07) is 5.70. The van der Waals surface area contributed by atoms with Gasteiger partial charge >= 0.3 is 12.3 Å². The minimum Gasteiger partial charge on any atom is -0.479 e. The lowest BCUT2D eigenvalue weighted by Crippen LogP contribution is -2.35. The number of hydrogen-bond donors (Lipinski definition) is 2. The summed E-state index contributed by atoms with van der Waals surface area (Å²) in [5.74, 6) is -0.997. The number of alkyl halides is 3. The van der Waals surface area contributed by atoms with E-state index < -0.39 is 17.9 Å². The predicted molar refractivity (Wildman–Crippen MR) is 107 cm³/mol. The number of rotatable bonds is 12. The fourth-order valence-corrected chi connectivity index (χ4v) is 3.28. The van der Waals surface area contributed by atoms with E-state index >= 15 is 0 Å². The number of carbonyl (C=O) groups is 1.